The quantitative estimate of drug-likeness (QED) is 0.892. The van der Waals surface area contributed by atoms with E-state index in [0.29, 0.717) is 6.04 Å². The van der Waals surface area contributed by atoms with Crippen LogP contribution in [0.25, 0.3) is 0 Å². The van der Waals surface area contributed by atoms with Crippen molar-refractivity contribution in [2.75, 3.05) is 43.9 Å². The Morgan fingerprint density at radius 2 is 2.05 bits per heavy atom. The van der Waals surface area contributed by atoms with E-state index in [0.717, 1.165) is 37.1 Å². The van der Waals surface area contributed by atoms with E-state index in [9.17, 15) is 0 Å². The average Bonchev–Trinajstić information content (AvgIpc) is 2.81. The molecule has 0 radical (unpaired) electrons. The number of anilines is 2. The van der Waals surface area contributed by atoms with Gasteiger partial charge in [-0.05, 0) is 47.7 Å². The van der Waals surface area contributed by atoms with Gasteiger partial charge in [0.15, 0.2) is 0 Å². The summed E-state index contributed by atoms with van der Waals surface area (Å²) in [7, 11) is 4.28. The lowest BCUT2D eigenvalue weighted by Crippen LogP contribution is -2.38. The first-order valence-electron chi connectivity index (χ1n) is 7.53. The third-order valence-corrected chi connectivity index (χ3v) is 3.80. The molecule has 5 heteroatoms. The molecule has 0 amide bonds. The van der Waals surface area contributed by atoms with Crippen LogP contribution in [-0.4, -0.2) is 54.6 Å². The third kappa shape index (κ3) is 3.20. The molecule has 1 unspecified atom stereocenters. The summed E-state index contributed by atoms with van der Waals surface area (Å²) >= 11 is 0. The van der Waals surface area contributed by atoms with Crippen molar-refractivity contribution in [3.05, 3.63) is 11.4 Å². The van der Waals surface area contributed by atoms with E-state index in [1.54, 1.807) is 0 Å². The van der Waals surface area contributed by atoms with Crippen molar-refractivity contribution in [2.45, 2.75) is 39.7 Å². The Hall–Kier alpha value is -1.36. The smallest absolute Gasteiger partial charge is 0.137 e. The highest BCUT2D eigenvalue weighted by Crippen LogP contribution is 2.30. The lowest BCUT2D eigenvalue weighted by molar-refractivity contribution is 0.371. The zero-order valence-electron chi connectivity index (χ0n) is 13.4. The lowest BCUT2D eigenvalue weighted by atomic mass is 10.2. The summed E-state index contributed by atoms with van der Waals surface area (Å²) in [5.41, 5.74) is 1.17. The molecule has 1 aliphatic heterocycles. The maximum atomic E-state index is 4.71. The number of hydrogen-bond donors (Lipinski definition) is 1. The number of hydrogen-bond acceptors (Lipinski definition) is 5. The van der Waals surface area contributed by atoms with Crippen molar-refractivity contribution < 1.29 is 0 Å². The average molecular weight is 277 g/mol. The molecule has 0 spiro atoms. The van der Waals surface area contributed by atoms with E-state index < -0.39 is 0 Å². The van der Waals surface area contributed by atoms with E-state index >= 15 is 0 Å². The molecule has 1 aliphatic rings. The number of aryl methyl sites for hydroxylation is 1. The fourth-order valence-corrected chi connectivity index (χ4v) is 2.96. The summed E-state index contributed by atoms with van der Waals surface area (Å²) < 4.78 is 0. The largest absolute Gasteiger partial charge is 0.370 e. The summed E-state index contributed by atoms with van der Waals surface area (Å²) in [5, 5.41) is 3.35. The van der Waals surface area contributed by atoms with Crippen LogP contribution in [-0.2, 0) is 0 Å². The van der Waals surface area contributed by atoms with Crippen molar-refractivity contribution in [3.63, 3.8) is 0 Å². The van der Waals surface area contributed by atoms with E-state index in [1.807, 2.05) is 6.92 Å². The third-order valence-electron chi connectivity index (χ3n) is 3.80. The first-order valence-corrected chi connectivity index (χ1v) is 7.53. The second kappa shape index (κ2) is 6.39. The van der Waals surface area contributed by atoms with Gasteiger partial charge < -0.3 is 15.1 Å². The summed E-state index contributed by atoms with van der Waals surface area (Å²) in [5.74, 6) is 2.93. The highest BCUT2D eigenvalue weighted by Gasteiger charge is 2.28. The molecule has 112 valence electrons. The summed E-state index contributed by atoms with van der Waals surface area (Å²) in [6.07, 6.45) is 2.49. The molecule has 1 N–H and O–H groups in total. The van der Waals surface area contributed by atoms with Crippen LogP contribution in [0.15, 0.2) is 0 Å². The van der Waals surface area contributed by atoms with Crippen LogP contribution in [0.3, 0.4) is 0 Å². The van der Waals surface area contributed by atoms with Gasteiger partial charge in [-0.1, -0.05) is 0 Å². The molecular formula is C15H27N5. The Labute approximate surface area is 122 Å². The van der Waals surface area contributed by atoms with Crippen LogP contribution in [0.2, 0.25) is 0 Å². The van der Waals surface area contributed by atoms with Crippen molar-refractivity contribution in [2.24, 2.45) is 0 Å². The second-order valence-corrected chi connectivity index (χ2v) is 5.85. The van der Waals surface area contributed by atoms with Crippen LogP contribution >= 0.6 is 0 Å². The fourth-order valence-electron chi connectivity index (χ4n) is 2.96. The molecule has 0 saturated carbocycles. The van der Waals surface area contributed by atoms with Crippen LogP contribution < -0.4 is 10.2 Å². The lowest BCUT2D eigenvalue weighted by Gasteiger charge is -2.29. The van der Waals surface area contributed by atoms with Gasteiger partial charge in [0.05, 0.1) is 0 Å². The van der Waals surface area contributed by atoms with Crippen molar-refractivity contribution >= 4 is 11.6 Å². The highest BCUT2D eigenvalue weighted by atomic mass is 15.3. The number of nitrogens with zero attached hydrogens (tertiary/aromatic N) is 4. The molecule has 0 bridgehead atoms. The van der Waals surface area contributed by atoms with Gasteiger partial charge in [0.1, 0.15) is 17.5 Å². The van der Waals surface area contributed by atoms with Crippen LogP contribution in [0.4, 0.5) is 11.6 Å². The van der Waals surface area contributed by atoms with Crippen molar-refractivity contribution in [1.29, 1.82) is 0 Å². The number of nitrogens with one attached hydrogen (secondary N) is 1. The molecule has 1 aromatic heterocycles. The molecule has 0 aliphatic carbocycles. The van der Waals surface area contributed by atoms with Gasteiger partial charge >= 0.3 is 0 Å². The van der Waals surface area contributed by atoms with Gasteiger partial charge in [0.25, 0.3) is 0 Å². The highest BCUT2D eigenvalue weighted by molar-refractivity contribution is 5.59. The minimum atomic E-state index is 0.562. The second-order valence-electron chi connectivity index (χ2n) is 5.85. The first-order chi connectivity index (χ1) is 9.52. The van der Waals surface area contributed by atoms with Gasteiger partial charge in [0, 0.05) is 31.2 Å². The SMILES string of the molecule is CCNc1nc(C)nc(N2CCCC2CN(C)C)c1C. The summed E-state index contributed by atoms with van der Waals surface area (Å²) in [4.78, 5) is 14.0. The normalized spacial score (nSPS) is 18.9. The monoisotopic (exact) mass is 277 g/mol. The van der Waals surface area contributed by atoms with Crippen molar-refractivity contribution in [1.82, 2.24) is 14.9 Å². The zero-order valence-corrected chi connectivity index (χ0v) is 13.4. The fraction of sp³-hybridized carbons (Fsp3) is 0.733. The molecule has 1 saturated heterocycles. The van der Waals surface area contributed by atoms with Crippen LogP contribution in [0, 0.1) is 13.8 Å². The minimum absolute atomic E-state index is 0.562. The Balaban J connectivity index is 2.31. The van der Waals surface area contributed by atoms with E-state index in [1.165, 1.54) is 18.4 Å². The van der Waals surface area contributed by atoms with Gasteiger partial charge in [-0.15, -0.1) is 0 Å². The predicted octanol–water partition coefficient (Wildman–Crippen LogP) is 2.06. The standard InChI is InChI=1S/C15H27N5/c1-6-16-14-11(2)15(18-12(3)17-14)20-9-7-8-13(20)10-19(4)5/h13H,6-10H2,1-5H3,(H,16,17,18). The Morgan fingerprint density at radius 3 is 2.70 bits per heavy atom. The van der Waals surface area contributed by atoms with E-state index in [2.05, 4.69) is 48.0 Å². The predicted molar refractivity (Wildman–Crippen MR) is 84.6 cm³/mol. The molecule has 1 aromatic rings. The Morgan fingerprint density at radius 1 is 1.30 bits per heavy atom. The molecular weight excluding hydrogens is 250 g/mol. The van der Waals surface area contributed by atoms with E-state index in [-0.39, 0.29) is 0 Å². The van der Waals surface area contributed by atoms with Gasteiger partial charge in [0.2, 0.25) is 0 Å². The maximum Gasteiger partial charge on any atom is 0.137 e. The number of rotatable bonds is 5. The Bertz CT molecular complexity index is 458. The molecule has 0 aromatic carbocycles. The first kappa shape index (κ1) is 15.0. The zero-order chi connectivity index (χ0) is 14.7. The molecule has 20 heavy (non-hydrogen) atoms. The van der Waals surface area contributed by atoms with Gasteiger partial charge in [-0.3, -0.25) is 0 Å². The van der Waals surface area contributed by atoms with Gasteiger partial charge in [-0.25, -0.2) is 9.97 Å². The Kier molecular flexibility index (Phi) is 4.81. The molecule has 2 heterocycles. The summed E-state index contributed by atoms with van der Waals surface area (Å²) in [6, 6.07) is 0.562. The van der Waals surface area contributed by atoms with Gasteiger partial charge in [-0.2, -0.15) is 0 Å². The molecule has 1 atom stereocenters. The molecule has 5 nitrogen and oxygen atoms in total. The molecule has 2 rings (SSSR count). The summed E-state index contributed by atoms with van der Waals surface area (Å²) in [6.45, 7) is 9.26. The topological polar surface area (TPSA) is 44.3 Å². The number of aromatic nitrogens is 2. The minimum Gasteiger partial charge on any atom is -0.370 e. The van der Waals surface area contributed by atoms with Crippen LogP contribution in [0.1, 0.15) is 31.2 Å². The number of likely N-dealkylation sites (N-methyl/N-ethyl adjacent to an activating group) is 1. The molecule has 1 fully saturated rings. The van der Waals surface area contributed by atoms with Crippen LogP contribution in [0.5, 0.6) is 0 Å². The van der Waals surface area contributed by atoms with Crippen molar-refractivity contribution in [3.8, 4) is 0 Å². The van der Waals surface area contributed by atoms with E-state index in [4.69, 9.17) is 4.98 Å². The maximum absolute atomic E-state index is 4.71.